The van der Waals surface area contributed by atoms with Crippen molar-refractivity contribution in [3.8, 4) is 0 Å². The molecule has 5 heteroatoms. The first-order valence-electron chi connectivity index (χ1n) is 7.26. The van der Waals surface area contributed by atoms with Crippen LogP contribution in [0.2, 0.25) is 0 Å². The second kappa shape index (κ2) is 5.12. The van der Waals surface area contributed by atoms with Crippen LogP contribution in [0.15, 0.2) is 0 Å². The van der Waals surface area contributed by atoms with E-state index >= 15 is 0 Å². The molecule has 3 amide bonds. The van der Waals surface area contributed by atoms with Gasteiger partial charge in [-0.1, -0.05) is 13.3 Å². The van der Waals surface area contributed by atoms with Crippen molar-refractivity contribution in [3.05, 3.63) is 0 Å². The molecule has 0 bridgehead atoms. The Morgan fingerprint density at radius 1 is 1.37 bits per heavy atom. The van der Waals surface area contributed by atoms with Gasteiger partial charge in [0, 0.05) is 6.04 Å². The number of amides is 3. The van der Waals surface area contributed by atoms with E-state index in [0.29, 0.717) is 12.5 Å². The molecule has 1 saturated carbocycles. The van der Waals surface area contributed by atoms with E-state index in [-0.39, 0.29) is 23.9 Å². The zero-order chi connectivity index (χ0) is 14.2. The molecule has 1 aliphatic carbocycles. The fourth-order valence-corrected chi connectivity index (χ4v) is 3.33. The first-order valence-corrected chi connectivity index (χ1v) is 7.26. The minimum absolute atomic E-state index is 0.0297. The summed E-state index contributed by atoms with van der Waals surface area (Å²) in [6, 6.07) is -0.284. The molecule has 0 aromatic heterocycles. The highest BCUT2D eigenvalue weighted by molar-refractivity contribution is 6.06. The molecule has 0 spiro atoms. The van der Waals surface area contributed by atoms with Crippen molar-refractivity contribution in [2.75, 3.05) is 6.54 Å². The van der Waals surface area contributed by atoms with Gasteiger partial charge in [0.15, 0.2) is 0 Å². The summed E-state index contributed by atoms with van der Waals surface area (Å²) in [5, 5.41) is 2.76. The van der Waals surface area contributed by atoms with Crippen LogP contribution in [0, 0.1) is 11.8 Å². The van der Waals surface area contributed by atoms with Crippen LogP contribution in [-0.4, -0.2) is 35.0 Å². The molecular weight excluding hydrogens is 242 g/mol. The highest BCUT2D eigenvalue weighted by Crippen LogP contribution is 2.36. The molecule has 1 aliphatic heterocycles. The molecule has 1 heterocycles. The summed E-state index contributed by atoms with van der Waals surface area (Å²) < 4.78 is 0. The van der Waals surface area contributed by atoms with E-state index in [2.05, 4.69) is 12.2 Å². The topological polar surface area (TPSA) is 75.4 Å². The highest BCUT2D eigenvalue weighted by atomic mass is 16.2. The standard InChI is InChI=1S/C14H25N3O2/c1-4-9-5-6-10(8-15)11(7-9)17-12(18)14(2,3)16-13(17)19/h9-11H,4-8,15H2,1-3H3,(H,16,19). The Morgan fingerprint density at radius 3 is 2.53 bits per heavy atom. The van der Waals surface area contributed by atoms with Gasteiger partial charge in [0.05, 0.1) is 0 Å². The average Bonchev–Trinajstić information content (AvgIpc) is 2.57. The highest BCUT2D eigenvalue weighted by Gasteiger charge is 2.49. The lowest BCUT2D eigenvalue weighted by molar-refractivity contribution is -0.133. The molecule has 3 unspecified atom stereocenters. The maximum absolute atomic E-state index is 12.4. The van der Waals surface area contributed by atoms with Gasteiger partial charge in [0.2, 0.25) is 0 Å². The zero-order valence-electron chi connectivity index (χ0n) is 12.1. The lowest BCUT2D eigenvalue weighted by Gasteiger charge is -2.39. The minimum Gasteiger partial charge on any atom is -0.330 e. The monoisotopic (exact) mass is 267 g/mol. The molecule has 0 radical (unpaired) electrons. The third-order valence-electron chi connectivity index (χ3n) is 4.67. The van der Waals surface area contributed by atoms with Crippen molar-refractivity contribution in [1.29, 1.82) is 0 Å². The van der Waals surface area contributed by atoms with Crippen molar-refractivity contribution in [2.45, 2.75) is 58.0 Å². The van der Waals surface area contributed by atoms with Crippen LogP contribution in [0.5, 0.6) is 0 Å². The first-order chi connectivity index (χ1) is 8.90. The molecule has 0 aromatic carbocycles. The number of rotatable bonds is 3. The minimum atomic E-state index is -0.782. The fourth-order valence-electron chi connectivity index (χ4n) is 3.33. The smallest absolute Gasteiger partial charge is 0.325 e. The van der Waals surface area contributed by atoms with Gasteiger partial charge in [-0.2, -0.15) is 0 Å². The van der Waals surface area contributed by atoms with Gasteiger partial charge in [-0.15, -0.1) is 0 Å². The Hall–Kier alpha value is -1.10. The van der Waals surface area contributed by atoms with Gasteiger partial charge in [-0.25, -0.2) is 4.79 Å². The molecule has 5 nitrogen and oxygen atoms in total. The second-order valence-electron chi connectivity index (χ2n) is 6.38. The van der Waals surface area contributed by atoms with Crippen LogP contribution >= 0.6 is 0 Å². The molecule has 3 N–H and O–H groups in total. The van der Waals surface area contributed by atoms with Gasteiger partial charge in [-0.05, 0) is 51.5 Å². The van der Waals surface area contributed by atoms with E-state index in [4.69, 9.17) is 5.73 Å². The summed E-state index contributed by atoms with van der Waals surface area (Å²) in [5.74, 6) is 0.723. The van der Waals surface area contributed by atoms with Crippen LogP contribution in [0.3, 0.4) is 0 Å². The molecule has 19 heavy (non-hydrogen) atoms. The van der Waals surface area contributed by atoms with Gasteiger partial charge in [0.1, 0.15) is 5.54 Å². The van der Waals surface area contributed by atoms with Crippen LogP contribution < -0.4 is 11.1 Å². The summed E-state index contributed by atoms with van der Waals surface area (Å²) in [6.07, 6.45) is 4.16. The Kier molecular flexibility index (Phi) is 3.85. The number of carbonyl (C=O) groups excluding carboxylic acids is 2. The molecule has 108 valence electrons. The third kappa shape index (κ3) is 2.48. The van der Waals surface area contributed by atoms with Crippen molar-refractivity contribution >= 4 is 11.9 Å². The van der Waals surface area contributed by atoms with Gasteiger partial charge in [0.25, 0.3) is 5.91 Å². The second-order valence-corrected chi connectivity index (χ2v) is 6.38. The fraction of sp³-hybridized carbons (Fsp3) is 0.857. The number of nitrogens with zero attached hydrogens (tertiary/aromatic N) is 1. The van der Waals surface area contributed by atoms with E-state index in [0.717, 1.165) is 25.7 Å². The molecule has 2 rings (SSSR count). The maximum atomic E-state index is 12.4. The molecule has 2 fully saturated rings. The van der Waals surface area contributed by atoms with Crippen LogP contribution in [0.4, 0.5) is 4.79 Å². The van der Waals surface area contributed by atoms with Crippen molar-refractivity contribution in [1.82, 2.24) is 10.2 Å². The Bertz CT molecular complexity index is 381. The van der Waals surface area contributed by atoms with Gasteiger partial charge < -0.3 is 11.1 Å². The normalized spacial score (nSPS) is 34.5. The Balaban J connectivity index is 2.22. The summed E-state index contributed by atoms with van der Waals surface area (Å²) in [4.78, 5) is 25.9. The predicted molar refractivity (Wildman–Crippen MR) is 73.4 cm³/mol. The van der Waals surface area contributed by atoms with Crippen LogP contribution in [0.25, 0.3) is 0 Å². The predicted octanol–water partition coefficient (Wildman–Crippen LogP) is 1.47. The summed E-state index contributed by atoms with van der Waals surface area (Å²) >= 11 is 0. The molecule has 1 saturated heterocycles. The third-order valence-corrected chi connectivity index (χ3v) is 4.67. The van der Waals surface area contributed by atoms with Crippen molar-refractivity contribution in [3.63, 3.8) is 0 Å². The van der Waals surface area contributed by atoms with Crippen LogP contribution in [-0.2, 0) is 4.79 Å². The summed E-state index contributed by atoms with van der Waals surface area (Å²) in [5.41, 5.74) is 5.05. The molecule has 0 aromatic rings. The molecule has 2 aliphatic rings. The lowest BCUT2D eigenvalue weighted by Crippen LogP contribution is -2.50. The number of nitrogens with two attached hydrogens (primary N) is 1. The lowest BCUT2D eigenvalue weighted by atomic mass is 9.76. The number of carbonyl (C=O) groups is 2. The Morgan fingerprint density at radius 2 is 2.05 bits per heavy atom. The average molecular weight is 267 g/mol. The number of nitrogens with one attached hydrogen (secondary N) is 1. The summed E-state index contributed by atoms with van der Waals surface area (Å²) in [6.45, 7) is 6.22. The van der Waals surface area contributed by atoms with E-state index < -0.39 is 5.54 Å². The van der Waals surface area contributed by atoms with Crippen molar-refractivity contribution < 1.29 is 9.59 Å². The Labute approximate surface area is 114 Å². The van der Waals surface area contributed by atoms with E-state index in [1.165, 1.54) is 4.90 Å². The van der Waals surface area contributed by atoms with E-state index in [1.54, 1.807) is 13.8 Å². The number of hydrogen-bond donors (Lipinski definition) is 2. The maximum Gasteiger partial charge on any atom is 0.325 e. The SMILES string of the molecule is CCC1CCC(CN)C(N2C(=O)NC(C)(C)C2=O)C1. The zero-order valence-corrected chi connectivity index (χ0v) is 12.1. The van der Waals surface area contributed by atoms with Gasteiger partial charge in [-0.3, -0.25) is 9.69 Å². The molecule has 3 atom stereocenters. The molecular formula is C14H25N3O2. The number of imide groups is 1. The largest absolute Gasteiger partial charge is 0.330 e. The number of hydrogen-bond acceptors (Lipinski definition) is 3. The first kappa shape index (κ1) is 14.3. The quantitative estimate of drug-likeness (QED) is 0.760. The summed E-state index contributed by atoms with van der Waals surface area (Å²) in [7, 11) is 0. The van der Waals surface area contributed by atoms with Crippen LogP contribution in [0.1, 0.15) is 46.5 Å². The van der Waals surface area contributed by atoms with Crippen molar-refractivity contribution in [2.24, 2.45) is 17.6 Å². The van der Waals surface area contributed by atoms with Gasteiger partial charge >= 0.3 is 6.03 Å². The van der Waals surface area contributed by atoms with E-state index in [9.17, 15) is 9.59 Å². The van der Waals surface area contributed by atoms with E-state index in [1.807, 2.05) is 0 Å². The number of urea groups is 1.